The molecule has 0 aliphatic carbocycles. The van der Waals surface area contributed by atoms with Gasteiger partial charge in [-0.1, -0.05) is 47.7 Å². The van der Waals surface area contributed by atoms with Crippen LogP contribution in [-0.4, -0.2) is 18.4 Å². The van der Waals surface area contributed by atoms with Crippen LogP contribution in [0.5, 0.6) is 0 Å². The first kappa shape index (κ1) is 19.2. The predicted molar refractivity (Wildman–Crippen MR) is 110 cm³/mol. The standard InChI is InChI=1S/C24H21NO3/c1-17-4-7-19(8-5-17)9-10-20-11-13-21(14-12-20)23-16-22(15-6-18(23)2)25(27)24(26)28-3/h4-8,11-16,27H,1-3H3. The van der Waals surface area contributed by atoms with Gasteiger partial charge in [0.2, 0.25) is 0 Å². The van der Waals surface area contributed by atoms with Gasteiger partial charge in [0, 0.05) is 11.1 Å². The number of methoxy groups -OCH3 is 1. The Kier molecular flexibility index (Phi) is 5.78. The van der Waals surface area contributed by atoms with Gasteiger partial charge >= 0.3 is 6.09 Å². The van der Waals surface area contributed by atoms with Crippen molar-refractivity contribution < 1.29 is 14.7 Å². The van der Waals surface area contributed by atoms with Gasteiger partial charge in [-0.3, -0.25) is 5.21 Å². The average molecular weight is 371 g/mol. The van der Waals surface area contributed by atoms with Gasteiger partial charge < -0.3 is 4.74 Å². The van der Waals surface area contributed by atoms with E-state index in [0.29, 0.717) is 10.8 Å². The van der Waals surface area contributed by atoms with Gasteiger partial charge in [0.25, 0.3) is 0 Å². The van der Waals surface area contributed by atoms with E-state index in [2.05, 4.69) is 16.6 Å². The van der Waals surface area contributed by atoms with E-state index < -0.39 is 6.09 Å². The van der Waals surface area contributed by atoms with Crippen LogP contribution in [-0.2, 0) is 4.74 Å². The van der Waals surface area contributed by atoms with Gasteiger partial charge in [-0.15, -0.1) is 0 Å². The Balaban J connectivity index is 1.85. The molecule has 1 amide bonds. The molecular weight excluding hydrogens is 350 g/mol. The fraction of sp³-hybridized carbons (Fsp3) is 0.125. The van der Waals surface area contributed by atoms with Crippen LogP contribution in [0.15, 0.2) is 66.7 Å². The van der Waals surface area contributed by atoms with Crippen molar-refractivity contribution >= 4 is 11.8 Å². The average Bonchev–Trinajstić information content (AvgIpc) is 2.73. The van der Waals surface area contributed by atoms with E-state index in [9.17, 15) is 10.0 Å². The highest BCUT2D eigenvalue weighted by atomic mass is 16.6. The quantitative estimate of drug-likeness (QED) is 0.376. The van der Waals surface area contributed by atoms with Crippen LogP contribution in [0.3, 0.4) is 0 Å². The van der Waals surface area contributed by atoms with Gasteiger partial charge in [-0.25, -0.2) is 4.79 Å². The summed E-state index contributed by atoms with van der Waals surface area (Å²) in [7, 11) is 1.22. The minimum Gasteiger partial charge on any atom is -0.451 e. The monoisotopic (exact) mass is 371 g/mol. The molecule has 3 rings (SSSR count). The topological polar surface area (TPSA) is 49.8 Å². The van der Waals surface area contributed by atoms with Crippen molar-refractivity contribution in [2.45, 2.75) is 13.8 Å². The number of hydroxylamine groups is 1. The zero-order valence-corrected chi connectivity index (χ0v) is 16.1. The molecule has 3 aromatic carbocycles. The van der Waals surface area contributed by atoms with Crippen LogP contribution in [0.1, 0.15) is 22.3 Å². The van der Waals surface area contributed by atoms with Crippen molar-refractivity contribution in [3.05, 3.63) is 89.0 Å². The Hall–Kier alpha value is -3.55. The number of amides is 1. The highest BCUT2D eigenvalue weighted by Crippen LogP contribution is 2.28. The maximum absolute atomic E-state index is 11.5. The molecule has 0 spiro atoms. The lowest BCUT2D eigenvalue weighted by molar-refractivity contribution is 0.141. The maximum Gasteiger partial charge on any atom is 0.438 e. The lowest BCUT2D eigenvalue weighted by Crippen LogP contribution is -2.26. The Morgan fingerprint density at radius 3 is 2.04 bits per heavy atom. The molecule has 0 fully saturated rings. The molecule has 0 radical (unpaired) electrons. The molecule has 3 aromatic rings. The SMILES string of the molecule is COC(=O)N(O)c1ccc(C)c(-c2ccc(C#Cc3ccc(C)cc3)cc2)c1. The van der Waals surface area contributed by atoms with Gasteiger partial charge in [0.05, 0.1) is 12.8 Å². The summed E-state index contributed by atoms with van der Waals surface area (Å²) < 4.78 is 4.55. The number of rotatable bonds is 2. The van der Waals surface area contributed by atoms with Crippen LogP contribution < -0.4 is 5.06 Å². The van der Waals surface area contributed by atoms with E-state index in [1.54, 1.807) is 12.1 Å². The van der Waals surface area contributed by atoms with Crippen molar-refractivity contribution in [1.82, 2.24) is 0 Å². The summed E-state index contributed by atoms with van der Waals surface area (Å²) in [6.45, 7) is 4.03. The van der Waals surface area contributed by atoms with E-state index in [1.807, 2.05) is 68.4 Å². The Morgan fingerprint density at radius 1 is 0.893 bits per heavy atom. The third kappa shape index (κ3) is 4.40. The molecule has 0 aliphatic heterocycles. The van der Waals surface area contributed by atoms with Gasteiger partial charge in [-0.2, -0.15) is 5.06 Å². The molecule has 0 aliphatic rings. The number of nitrogens with zero attached hydrogens (tertiary/aromatic N) is 1. The lowest BCUT2D eigenvalue weighted by Gasteiger charge is -2.15. The second kappa shape index (κ2) is 8.43. The Bertz CT molecular complexity index is 1040. The smallest absolute Gasteiger partial charge is 0.438 e. The van der Waals surface area contributed by atoms with Crippen molar-refractivity contribution in [1.29, 1.82) is 0 Å². The molecule has 4 nitrogen and oxygen atoms in total. The van der Waals surface area contributed by atoms with Crippen molar-refractivity contribution in [2.24, 2.45) is 0 Å². The van der Waals surface area contributed by atoms with Crippen LogP contribution >= 0.6 is 0 Å². The van der Waals surface area contributed by atoms with Gasteiger partial charge in [0.15, 0.2) is 0 Å². The minimum absolute atomic E-state index is 0.343. The van der Waals surface area contributed by atoms with Crippen molar-refractivity contribution in [3.8, 4) is 23.0 Å². The molecule has 0 unspecified atom stereocenters. The number of benzene rings is 3. The van der Waals surface area contributed by atoms with Gasteiger partial charge in [0.1, 0.15) is 0 Å². The number of hydrogen-bond acceptors (Lipinski definition) is 3. The molecule has 0 heterocycles. The first-order valence-corrected chi connectivity index (χ1v) is 8.84. The summed E-state index contributed by atoms with van der Waals surface area (Å²) in [5.74, 6) is 6.33. The summed E-state index contributed by atoms with van der Waals surface area (Å²) in [4.78, 5) is 11.5. The number of anilines is 1. The molecule has 0 saturated heterocycles. The van der Waals surface area contributed by atoms with Crippen LogP contribution in [0.25, 0.3) is 11.1 Å². The Morgan fingerprint density at radius 2 is 1.46 bits per heavy atom. The molecule has 1 N–H and O–H groups in total. The second-order valence-electron chi connectivity index (χ2n) is 6.47. The molecule has 28 heavy (non-hydrogen) atoms. The van der Waals surface area contributed by atoms with Crippen molar-refractivity contribution in [3.63, 3.8) is 0 Å². The van der Waals surface area contributed by atoms with E-state index in [-0.39, 0.29) is 0 Å². The van der Waals surface area contributed by atoms with Gasteiger partial charge in [-0.05, 0) is 66.9 Å². The fourth-order valence-electron chi connectivity index (χ4n) is 2.76. The predicted octanol–water partition coefficient (Wildman–Crippen LogP) is 5.33. The maximum atomic E-state index is 11.5. The number of carbonyl (C=O) groups is 1. The zero-order valence-electron chi connectivity index (χ0n) is 16.1. The molecular formula is C24H21NO3. The third-order valence-corrected chi connectivity index (χ3v) is 4.41. The van der Waals surface area contributed by atoms with E-state index in [4.69, 9.17) is 0 Å². The van der Waals surface area contributed by atoms with E-state index >= 15 is 0 Å². The van der Waals surface area contributed by atoms with E-state index in [0.717, 1.165) is 27.8 Å². The highest BCUT2D eigenvalue weighted by molar-refractivity contribution is 5.86. The Labute approximate surface area is 165 Å². The molecule has 0 saturated carbocycles. The van der Waals surface area contributed by atoms with Crippen molar-refractivity contribution in [2.75, 3.05) is 12.2 Å². The third-order valence-electron chi connectivity index (χ3n) is 4.41. The minimum atomic E-state index is -0.837. The highest BCUT2D eigenvalue weighted by Gasteiger charge is 2.15. The summed E-state index contributed by atoms with van der Waals surface area (Å²) in [5.41, 5.74) is 6.36. The molecule has 0 bridgehead atoms. The molecule has 4 heteroatoms. The number of ether oxygens (including phenoxy) is 1. The first-order valence-electron chi connectivity index (χ1n) is 8.84. The largest absolute Gasteiger partial charge is 0.451 e. The molecule has 0 aromatic heterocycles. The first-order chi connectivity index (χ1) is 13.5. The molecule has 140 valence electrons. The number of aryl methyl sites for hydroxylation is 2. The lowest BCUT2D eigenvalue weighted by atomic mass is 9.98. The summed E-state index contributed by atoms with van der Waals surface area (Å²) in [6, 6.07) is 21.2. The summed E-state index contributed by atoms with van der Waals surface area (Å²) >= 11 is 0. The summed E-state index contributed by atoms with van der Waals surface area (Å²) in [6.07, 6.45) is -0.837. The van der Waals surface area contributed by atoms with Crippen LogP contribution in [0.2, 0.25) is 0 Å². The van der Waals surface area contributed by atoms with Crippen LogP contribution in [0.4, 0.5) is 10.5 Å². The fourth-order valence-corrected chi connectivity index (χ4v) is 2.76. The second-order valence-corrected chi connectivity index (χ2v) is 6.47. The number of carbonyl (C=O) groups excluding carboxylic acids is 1. The normalized spacial score (nSPS) is 10.0. The summed E-state index contributed by atoms with van der Waals surface area (Å²) in [5, 5.41) is 10.4. The van der Waals surface area contributed by atoms with Crippen LogP contribution in [0, 0.1) is 25.7 Å². The number of hydrogen-bond donors (Lipinski definition) is 1. The molecule has 0 atom stereocenters. The van der Waals surface area contributed by atoms with E-state index in [1.165, 1.54) is 12.7 Å². The zero-order chi connectivity index (χ0) is 20.1.